The molecule has 0 aliphatic carbocycles. The zero-order valence-electron chi connectivity index (χ0n) is 16.0. The van der Waals surface area contributed by atoms with Crippen LogP contribution in [0.4, 0.5) is 0 Å². The summed E-state index contributed by atoms with van der Waals surface area (Å²) >= 11 is 3.16. The molecule has 3 heterocycles. The highest BCUT2D eigenvalue weighted by atomic mass is 32.2. The van der Waals surface area contributed by atoms with E-state index in [1.807, 2.05) is 25.7 Å². The second-order valence-corrected chi connectivity index (χ2v) is 8.76. The molecule has 0 atom stereocenters. The minimum Gasteiger partial charge on any atom is -0.339 e. The van der Waals surface area contributed by atoms with Gasteiger partial charge in [0, 0.05) is 43.3 Å². The standard InChI is InChI=1S/C20H24N4OS2/c1-14-15(2)18(11-21)20(22-16(14)3)27-13-19(25)24-8-6-23(7-9-24)12-17-5-4-10-26-17/h4-5,10H,6-9,12-13H2,1-3H3. The van der Waals surface area contributed by atoms with Crippen molar-refractivity contribution < 1.29 is 4.79 Å². The molecule has 3 rings (SSSR count). The van der Waals surface area contributed by atoms with Crippen LogP contribution in [0, 0.1) is 32.1 Å². The molecule has 0 radical (unpaired) electrons. The monoisotopic (exact) mass is 400 g/mol. The summed E-state index contributed by atoms with van der Waals surface area (Å²) in [5.74, 6) is 0.450. The molecular formula is C20H24N4OS2. The largest absolute Gasteiger partial charge is 0.339 e. The number of carbonyl (C=O) groups excluding carboxylic acids is 1. The summed E-state index contributed by atoms with van der Waals surface area (Å²) < 4.78 is 0. The number of hydrogen-bond donors (Lipinski definition) is 0. The van der Waals surface area contributed by atoms with E-state index in [2.05, 4.69) is 33.5 Å². The molecule has 1 fully saturated rings. The smallest absolute Gasteiger partial charge is 0.233 e. The van der Waals surface area contributed by atoms with Crippen molar-refractivity contribution in [2.45, 2.75) is 32.3 Å². The number of pyridine rings is 1. The van der Waals surface area contributed by atoms with Crippen molar-refractivity contribution in [3.8, 4) is 6.07 Å². The Kier molecular flexibility index (Phi) is 6.53. The molecule has 0 aromatic carbocycles. The van der Waals surface area contributed by atoms with Gasteiger partial charge in [0.25, 0.3) is 0 Å². The number of thiophene rings is 1. The summed E-state index contributed by atoms with van der Waals surface area (Å²) in [6.45, 7) is 10.2. The zero-order valence-corrected chi connectivity index (χ0v) is 17.6. The SMILES string of the molecule is Cc1nc(SCC(=O)N2CCN(Cc3cccs3)CC2)c(C#N)c(C)c1C. The Balaban J connectivity index is 1.54. The number of nitrogens with zero attached hydrogens (tertiary/aromatic N) is 4. The highest BCUT2D eigenvalue weighted by molar-refractivity contribution is 8.00. The predicted octanol–water partition coefficient (Wildman–Crippen LogP) is 3.38. The van der Waals surface area contributed by atoms with Crippen LogP contribution in [0.2, 0.25) is 0 Å². The van der Waals surface area contributed by atoms with E-state index < -0.39 is 0 Å². The van der Waals surface area contributed by atoms with Crippen LogP contribution in [0.1, 0.15) is 27.3 Å². The molecule has 1 amide bonds. The van der Waals surface area contributed by atoms with Gasteiger partial charge < -0.3 is 4.90 Å². The molecule has 5 nitrogen and oxygen atoms in total. The Labute approximate surface area is 169 Å². The van der Waals surface area contributed by atoms with E-state index in [1.54, 1.807) is 11.3 Å². The van der Waals surface area contributed by atoms with Crippen molar-refractivity contribution in [2.75, 3.05) is 31.9 Å². The number of carbonyl (C=O) groups is 1. The Morgan fingerprint density at radius 2 is 2.00 bits per heavy atom. The second kappa shape index (κ2) is 8.87. The van der Waals surface area contributed by atoms with Gasteiger partial charge >= 0.3 is 0 Å². The van der Waals surface area contributed by atoms with Crippen LogP contribution in [0.15, 0.2) is 22.5 Å². The topological polar surface area (TPSA) is 60.2 Å². The van der Waals surface area contributed by atoms with E-state index in [-0.39, 0.29) is 5.91 Å². The highest BCUT2D eigenvalue weighted by Crippen LogP contribution is 2.26. The van der Waals surface area contributed by atoms with Crippen LogP contribution in [-0.4, -0.2) is 52.6 Å². The Hall–Kier alpha value is -1.88. The molecule has 1 aliphatic heterocycles. The first kappa shape index (κ1) is 19.9. The third-order valence-electron chi connectivity index (χ3n) is 5.09. The number of rotatable bonds is 5. The van der Waals surface area contributed by atoms with Crippen molar-refractivity contribution >= 4 is 29.0 Å². The zero-order chi connectivity index (χ0) is 19.4. The van der Waals surface area contributed by atoms with Gasteiger partial charge in [0.05, 0.1) is 11.3 Å². The van der Waals surface area contributed by atoms with Crippen LogP contribution in [-0.2, 0) is 11.3 Å². The number of aromatic nitrogens is 1. The summed E-state index contributed by atoms with van der Waals surface area (Å²) in [7, 11) is 0. The van der Waals surface area contributed by atoms with Gasteiger partial charge in [0.15, 0.2) is 0 Å². The van der Waals surface area contributed by atoms with Gasteiger partial charge in [0.2, 0.25) is 5.91 Å². The molecule has 1 aliphatic rings. The minimum atomic E-state index is 0.123. The maximum atomic E-state index is 12.6. The van der Waals surface area contributed by atoms with Crippen molar-refractivity contribution in [3.05, 3.63) is 44.8 Å². The summed E-state index contributed by atoms with van der Waals surface area (Å²) in [6.07, 6.45) is 0. The molecule has 142 valence electrons. The number of aryl methyl sites for hydroxylation is 1. The Morgan fingerprint density at radius 3 is 2.63 bits per heavy atom. The van der Waals surface area contributed by atoms with Gasteiger partial charge in [0.1, 0.15) is 11.1 Å². The fourth-order valence-corrected chi connectivity index (χ4v) is 4.88. The Bertz CT molecular complexity index is 850. The number of piperazine rings is 1. The first-order valence-electron chi connectivity index (χ1n) is 9.02. The predicted molar refractivity (Wildman–Crippen MR) is 110 cm³/mol. The molecule has 2 aromatic heterocycles. The van der Waals surface area contributed by atoms with Crippen LogP contribution < -0.4 is 0 Å². The quantitative estimate of drug-likeness (QED) is 0.720. The maximum absolute atomic E-state index is 12.6. The van der Waals surface area contributed by atoms with E-state index in [0.717, 1.165) is 49.5 Å². The average Bonchev–Trinajstić information content (AvgIpc) is 3.18. The van der Waals surface area contributed by atoms with Gasteiger partial charge in [-0.3, -0.25) is 9.69 Å². The summed E-state index contributed by atoms with van der Waals surface area (Å²) in [5.41, 5.74) is 3.52. The molecule has 27 heavy (non-hydrogen) atoms. The van der Waals surface area contributed by atoms with Crippen molar-refractivity contribution in [1.29, 1.82) is 5.26 Å². The third kappa shape index (κ3) is 4.70. The van der Waals surface area contributed by atoms with E-state index in [1.165, 1.54) is 16.6 Å². The van der Waals surface area contributed by atoms with Crippen molar-refractivity contribution in [1.82, 2.24) is 14.8 Å². The van der Waals surface area contributed by atoms with Crippen LogP contribution >= 0.6 is 23.1 Å². The summed E-state index contributed by atoms with van der Waals surface area (Å²) in [4.78, 5) is 22.8. The fourth-order valence-electron chi connectivity index (χ4n) is 3.15. The van der Waals surface area contributed by atoms with E-state index >= 15 is 0 Å². The molecule has 7 heteroatoms. The van der Waals surface area contributed by atoms with Crippen LogP contribution in [0.25, 0.3) is 0 Å². The third-order valence-corrected chi connectivity index (χ3v) is 6.91. The molecule has 0 N–H and O–H groups in total. The fraction of sp³-hybridized carbons (Fsp3) is 0.450. The van der Waals surface area contributed by atoms with Crippen LogP contribution in [0.5, 0.6) is 0 Å². The van der Waals surface area contributed by atoms with Gasteiger partial charge in [-0.25, -0.2) is 4.98 Å². The summed E-state index contributed by atoms with van der Waals surface area (Å²) in [5, 5.41) is 12.2. The first-order valence-corrected chi connectivity index (χ1v) is 10.9. The molecule has 0 saturated carbocycles. The van der Waals surface area contributed by atoms with E-state index in [9.17, 15) is 10.1 Å². The summed E-state index contributed by atoms with van der Waals surface area (Å²) in [6, 6.07) is 6.48. The van der Waals surface area contributed by atoms with Gasteiger partial charge in [-0.15, -0.1) is 11.3 Å². The first-order chi connectivity index (χ1) is 13.0. The van der Waals surface area contributed by atoms with Gasteiger partial charge in [-0.05, 0) is 43.3 Å². The number of amides is 1. The minimum absolute atomic E-state index is 0.123. The molecule has 1 saturated heterocycles. The van der Waals surface area contributed by atoms with Gasteiger partial charge in [-0.1, -0.05) is 17.8 Å². The highest BCUT2D eigenvalue weighted by Gasteiger charge is 2.22. The second-order valence-electron chi connectivity index (χ2n) is 6.76. The molecule has 2 aromatic rings. The van der Waals surface area contributed by atoms with Crippen LogP contribution in [0.3, 0.4) is 0 Å². The Morgan fingerprint density at radius 1 is 1.26 bits per heavy atom. The number of nitriles is 1. The van der Waals surface area contributed by atoms with Gasteiger partial charge in [-0.2, -0.15) is 5.26 Å². The number of thioether (sulfide) groups is 1. The molecular weight excluding hydrogens is 376 g/mol. The van der Waals surface area contributed by atoms with E-state index in [0.29, 0.717) is 16.3 Å². The average molecular weight is 401 g/mol. The molecule has 0 unspecified atom stereocenters. The van der Waals surface area contributed by atoms with Crippen molar-refractivity contribution in [2.24, 2.45) is 0 Å². The molecule has 0 bridgehead atoms. The lowest BCUT2D eigenvalue weighted by Crippen LogP contribution is -2.48. The lowest BCUT2D eigenvalue weighted by molar-refractivity contribution is -0.130. The molecule has 0 spiro atoms. The maximum Gasteiger partial charge on any atom is 0.233 e. The lowest BCUT2D eigenvalue weighted by Gasteiger charge is -2.34. The lowest BCUT2D eigenvalue weighted by atomic mass is 10.1. The number of hydrogen-bond acceptors (Lipinski definition) is 6. The van der Waals surface area contributed by atoms with E-state index in [4.69, 9.17) is 0 Å². The van der Waals surface area contributed by atoms with Crippen molar-refractivity contribution in [3.63, 3.8) is 0 Å². The normalized spacial score (nSPS) is 15.0.